The molecule has 0 saturated carbocycles. The summed E-state index contributed by atoms with van der Waals surface area (Å²) < 4.78 is 0. The lowest BCUT2D eigenvalue weighted by Crippen LogP contribution is -2.28. The molecule has 1 N–H and O–H groups in total. The van der Waals surface area contributed by atoms with Crippen LogP contribution < -0.4 is 0 Å². The standard InChI is InChI=1S/C14H19NO3/c1-2-11-3-5-12(6-4-11)7-8-14(17)15-9-13(16)10-18-15/h3-6,13,16H,2,7-10H2,1H3/t13-/m0/s1. The van der Waals surface area contributed by atoms with Gasteiger partial charge in [-0.1, -0.05) is 31.2 Å². The molecule has 1 aliphatic heterocycles. The summed E-state index contributed by atoms with van der Waals surface area (Å²) in [7, 11) is 0. The topological polar surface area (TPSA) is 49.8 Å². The summed E-state index contributed by atoms with van der Waals surface area (Å²) in [6, 6.07) is 8.31. The van der Waals surface area contributed by atoms with E-state index in [-0.39, 0.29) is 19.1 Å². The van der Waals surface area contributed by atoms with Gasteiger partial charge in [-0.25, -0.2) is 5.06 Å². The van der Waals surface area contributed by atoms with Crippen molar-refractivity contribution in [3.63, 3.8) is 0 Å². The van der Waals surface area contributed by atoms with Crippen LogP contribution in [0.2, 0.25) is 0 Å². The molecule has 0 radical (unpaired) electrons. The molecular formula is C14H19NO3. The molecule has 98 valence electrons. The molecule has 1 fully saturated rings. The van der Waals surface area contributed by atoms with Gasteiger partial charge in [0.05, 0.1) is 12.6 Å². The van der Waals surface area contributed by atoms with Gasteiger partial charge < -0.3 is 5.11 Å². The van der Waals surface area contributed by atoms with Gasteiger partial charge in [0, 0.05) is 6.42 Å². The van der Waals surface area contributed by atoms with E-state index >= 15 is 0 Å². The van der Waals surface area contributed by atoms with Gasteiger partial charge in [0.15, 0.2) is 0 Å². The molecule has 0 aliphatic carbocycles. The Bertz CT molecular complexity index is 402. The van der Waals surface area contributed by atoms with Crippen LogP contribution >= 0.6 is 0 Å². The Morgan fingerprint density at radius 2 is 2.06 bits per heavy atom. The van der Waals surface area contributed by atoms with Crippen LogP contribution in [0.15, 0.2) is 24.3 Å². The Morgan fingerprint density at radius 1 is 1.39 bits per heavy atom. The zero-order valence-corrected chi connectivity index (χ0v) is 10.6. The number of carbonyl (C=O) groups is 1. The predicted octanol–water partition coefficient (Wildman–Crippen LogP) is 1.32. The third kappa shape index (κ3) is 3.31. The molecule has 0 aromatic heterocycles. The fourth-order valence-electron chi connectivity index (χ4n) is 1.96. The maximum absolute atomic E-state index is 11.8. The second-order valence-electron chi connectivity index (χ2n) is 4.57. The summed E-state index contributed by atoms with van der Waals surface area (Å²) in [4.78, 5) is 16.9. The van der Waals surface area contributed by atoms with E-state index in [0.29, 0.717) is 12.8 Å². The van der Waals surface area contributed by atoms with Gasteiger partial charge in [-0.15, -0.1) is 0 Å². The molecule has 1 aromatic carbocycles. The molecule has 1 amide bonds. The quantitative estimate of drug-likeness (QED) is 0.875. The van der Waals surface area contributed by atoms with Crippen molar-refractivity contribution >= 4 is 5.91 Å². The molecule has 4 heteroatoms. The van der Waals surface area contributed by atoms with Gasteiger partial charge in [-0.3, -0.25) is 9.63 Å². The van der Waals surface area contributed by atoms with Crippen LogP contribution in [0.4, 0.5) is 0 Å². The summed E-state index contributed by atoms with van der Waals surface area (Å²) in [5, 5.41) is 10.5. The summed E-state index contributed by atoms with van der Waals surface area (Å²) in [6.07, 6.45) is 1.60. The fraction of sp³-hybridized carbons (Fsp3) is 0.500. The number of aliphatic hydroxyl groups is 1. The molecule has 1 saturated heterocycles. The summed E-state index contributed by atoms with van der Waals surface area (Å²) >= 11 is 0. The van der Waals surface area contributed by atoms with Crippen molar-refractivity contribution in [1.29, 1.82) is 0 Å². The number of aliphatic hydroxyl groups excluding tert-OH is 1. The van der Waals surface area contributed by atoms with E-state index in [9.17, 15) is 9.90 Å². The molecule has 0 unspecified atom stereocenters. The van der Waals surface area contributed by atoms with E-state index in [1.807, 2.05) is 0 Å². The number of rotatable bonds is 4. The second-order valence-corrected chi connectivity index (χ2v) is 4.57. The van der Waals surface area contributed by atoms with Crippen LogP contribution in [0.25, 0.3) is 0 Å². The second kappa shape index (κ2) is 5.98. The molecule has 1 aliphatic rings. The van der Waals surface area contributed by atoms with Gasteiger partial charge in [-0.2, -0.15) is 0 Å². The van der Waals surface area contributed by atoms with Crippen molar-refractivity contribution in [2.24, 2.45) is 0 Å². The molecule has 1 aromatic rings. The van der Waals surface area contributed by atoms with Gasteiger partial charge >= 0.3 is 0 Å². The van der Waals surface area contributed by atoms with Crippen LogP contribution in [-0.2, 0) is 22.5 Å². The minimum atomic E-state index is -0.544. The van der Waals surface area contributed by atoms with Gasteiger partial charge in [0.2, 0.25) is 5.91 Å². The summed E-state index contributed by atoms with van der Waals surface area (Å²) in [6.45, 7) is 2.62. The average molecular weight is 249 g/mol. The number of hydrogen-bond donors (Lipinski definition) is 1. The van der Waals surface area contributed by atoms with Crippen molar-refractivity contribution in [3.05, 3.63) is 35.4 Å². The van der Waals surface area contributed by atoms with E-state index in [1.54, 1.807) is 0 Å². The molecule has 1 heterocycles. The predicted molar refractivity (Wildman–Crippen MR) is 67.8 cm³/mol. The lowest BCUT2D eigenvalue weighted by atomic mass is 10.1. The van der Waals surface area contributed by atoms with E-state index in [4.69, 9.17) is 4.84 Å². The smallest absolute Gasteiger partial charge is 0.246 e. The lowest BCUT2D eigenvalue weighted by molar-refractivity contribution is -0.168. The molecular weight excluding hydrogens is 230 g/mol. The SMILES string of the molecule is CCc1ccc(CCC(=O)N2C[C@H](O)CO2)cc1. The van der Waals surface area contributed by atoms with E-state index in [0.717, 1.165) is 12.0 Å². The molecule has 4 nitrogen and oxygen atoms in total. The Balaban J connectivity index is 1.81. The van der Waals surface area contributed by atoms with Crippen LogP contribution in [0.3, 0.4) is 0 Å². The van der Waals surface area contributed by atoms with E-state index < -0.39 is 6.10 Å². The zero-order valence-electron chi connectivity index (χ0n) is 10.6. The van der Waals surface area contributed by atoms with E-state index in [2.05, 4.69) is 31.2 Å². The normalized spacial score (nSPS) is 19.2. The molecule has 18 heavy (non-hydrogen) atoms. The van der Waals surface area contributed by atoms with Crippen molar-refractivity contribution in [3.8, 4) is 0 Å². The number of hydroxylamine groups is 2. The monoisotopic (exact) mass is 249 g/mol. The first-order chi connectivity index (χ1) is 8.69. The number of nitrogens with zero attached hydrogens (tertiary/aromatic N) is 1. The maximum atomic E-state index is 11.8. The highest BCUT2D eigenvalue weighted by Gasteiger charge is 2.25. The maximum Gasteiger partial charge on any atom is 0.246 e. The Kier molecular flexibility index (Phi) is 4.33. The number of β-amino-alcohol motifs (C(OH)–C–C–N with tert-alkyl or cyclic N) is 1. The van der Waals surface area contributed by atoms with E-state index in [1.165, 1.54) is 10.6 Å². The zero-order chi connectivity index (χ0) is 13.0. The van der Waals surface area contributed by atoms with Crippen molar-refractivity contribution < 1.29 is 14.7 Å². The average Bonchev–Trinajstić information content (AvgIpc) is 2.83. The van der Waals surface area contributed by atoms with Crippen LogP contribution in [-0.4, -0.2) is 35.3 Å². The number of aryl methyl sites for hydroxylation is 2. The van der Waals surface area contributed by atoms with Crippen molar-refractivity contribution in [2.75, 3.05) is 13.2 Å². The number of hydrogen-bond acceptors (Lipinski definition) is 3. The molecule has 0 spiro atoms. The third-order valence-corrected chi connectivity index (χ3v) is 3.14. The first-order valence-electron chi connectivity index (χ1n) is 6.38. The van der Waals surface area contributed by atoms with Gasteiger partial charge in [0.25, 0.3) is 0 Å². The largest absolute Gasteiger partial charge is 0.389 e. The fourth-order valence-corrected chi connectivity index (χ4v) is 1.96. The van der Waals surface area contributed by atoms with Crippen molar-refractivity contribution in [2.45, 2.75) is 32.3 Å². The highest BCUT2D eigenvalue weighted by molar-refractivity contribution is 5.75. The lowest BCUT2D eigenvalue weighted by Gasteiger charge is -2.13. The third-order valence-electron chi connectivity index (χ3n) is 3.14. The first kappa shape index (κ1) is 13.1. The number of amides is 1. The molecule has 0 bridgehead atoms. The van der Waals surface area contributed by atoms with Crippen LogP contribution in [0.1, 0.15) is 24.5 Å². The highest BCUT2D eigenvalue weighted by atomic mass is 16.7. The number of carbonyl (C=O) groups excluding carboxylic acids is 1. The molecule has 2 rings (SSSR count). The van der Waals surface area contributed by atoms with Gasteiger partial charge in [0.1, 0.15) is 6.61 Å². The summed E-state index contributed by atoms with van der Waals surface area (Å²) in [5.74, 6) is -0.0638. The highest BCUT2D eigenvalue weighted by Crippen LogP contribution is 2.11. The number of benzene rings is 1. The Labute approximate surface area is 107 Å². The van der Waals surface area contributed by atoms with Gasteiger partial charge in [-0.05, 0) is 24.0 Å². The van der Waals surface area contributed by atoms with Crippen LogP contribution in [0.5, 0.6) is 0 Å². The van der Waals surface area contributed by atoms with Crippen molar-refractivity contribution in [1.82, 2.24) is 5.06 Å². The van der Waals surface area contributed by atoms with Crippen LogP contribution in [0, 0.1) is 0 Å². The molecule has 1 atom stereocenters. The first-order valence-corrected chi connectivity index (χ1v) is 6.38. The minimum absolute atomic E-state index is 0.0638. The summed E-state index contributed by atoms with van der Waals surface area (Å²) in [5.41, 5.74) is 2.45. The Hall–Kier alpha value is -1.39. The Morgan fingerprint density at radius 3 is 2.61 bits per heavy atom. The minimum Gasteiger partial charge on any atom is -0.389 e.